The van der Waals surface area contributed by atoms with E-state index in [1.54, 1.807) is 18.2 Å². The van der Waals surface area contributed by atoms with E-state index in [1.165, 1.54) is 30.3 Å². The van der Waals surface area contributed by atoms with Crippen LogP contribution in [-0.2, 0) is 0 Å². The lowest BCUT2D eigenvalue weighted by Gasteiger charge is -2.14. The Morgan fingerprint density at radius 3 is 2.31 bits per heavy atom. The van der Waals surface area contributed by atoms with E-state index in [9.17, 15) is 22.8 Å². The molecule has 1 N–H and O–H groups in total. The maximum absolute atomic E-state index is 14.4. The summed E-state index contributed by atoms with van der Waals surface area (Å²) in [6, 6.07) is 13.8. The summed E-state index contributed by atoms with van der Waals surface area (Å²) < 4.78 is 46.9. The molecule has 182 valence electrons. The zero-order chi connectivity index (χ0) is 26.0. The minimum Gasteiger partial charge on any atom is -0.422 e. The predicted molar refractivity (Wildman–Crippen MR) is 130 cm³/mol. The van der Waals surface area contributed by atoms with Gasteiger partial charge in [0.2, 0.25) is 0 Å². The minimum atomic E-state index is -1.12. The summed E-state index contributed by atoms with van der Waals surface area (Å²) in [5.74, 6) is -4.76. The van der Waals surface area contributed by atoms with E-state index in [-0.39, 0.29) is 22.4 Å². The number of ether oxygens (including phenoxy) is 1. The largest absolute Gasteiger partial charge is 0.422 e. The number of nitrogens with one attached hydrogen (secondary N) is 1. The van der Waals surface area contributed by atoms with Gasteiger partial charge < -0.3 is 10.1 Å². The van der Waals surface area contributed by atoms with Crippen LogP contribution < -0.4 is 10.1 Å². The summed E-state index contributed by atoms with van der Waals surface area (Å²) in [6.07, 6.45) is 0. The quantitative estimate of drug-likeness (QED) is 0.158. The molecule has 36 heavy (non-hydrogen) atoms. The molecule has 0 saturated carbocycles. The van der Waals surface area contributed by atoms with Gasteiger partial charge in [-0.15, -0.1) is 0 Å². The van der Waals surface area contributed by atoms with Crippen molar-refractivity contribution in [1.82, 2.24) is 4.98 Å². The number of hydrogen-bond acceptors (Lipinski definition) is 4. The van der Waals surface area contributed by atoms with Crippen LogP contribution in [0.3, 0.4) is 0 Å². The number of aromatic nitrogens is 1. The second-order valence-electron chi connectivity index (χ2n) is 7.29. The highest BCUT2D eigenvalue weighted by molar-refractivity contribution is 6.34. The summed E-state index contributed by atoms with van der Waals surface area (Å²) in [6.45, 7) is 0. The first-order valence-electron chi connectivity index (χ1n) is 10.0. The van der Waals surface area contributed by atoms with E-state index in [4.69, 9.17) is 39.5 Å². The van der Waals surface area contributed by atoms with Crippen LogP contribution in [0.2, 0.25) is 15.3 Å². The number of benzene rings is 3. The van der Waals surface area contributed by atoms with Crippen LogP contribution >= 0.6 is 34.8 Å². The second kappa shape index (κ2) is 10.6. The Morgan fingerprint density at radius 1 is 0.806 bits per heavy atom. The van der Waals surface area contributed by atoms with Crippen molar-refractivity contribution in [2.75, 3.05) is 5.32 Å². The molecule has 0 fully saturated rings. The van der Waals surface area contributed by atoms with Crippen molar-refractivity contribution >= 4 is 52.4 Å². The number of hydrogen-bond donors (Lipinski definition) is 1. The molecule has 0 saturated heterocycles. The van der Waals surface area contributed by atoms with Crippen LogP contribution in [0.25, 0.3) is 11.1 Å². The van der Waals surface area contributed by atoms with Gasteiger partial charge in [-0.1, -0.05) is 46.9 Å². The van der Waals surface area contributed by atoms with Crippen molar-refractivity contribution in [2.45, 2.75) is 0 Å². The molecule has 0 atom stereocenters. The van der Waals surface area contributed by atoms with Gasteiger partial charge in [0, 0.05) is 22.3 Å². The van der Waals surface area contributed by atoms with Crippen LogP contribution in [0.4, 0.5) is 18.9 Å². The standard InChI is InChI=1S/C25H12Cl3F3N2O3/c26-13-2-1-3-15(9-13)32-24(34)17-8-12(16-6-5-14(29)10-19(16)30)4-7-21(17)36-25(35)18-11-20(31)23(28)33-22(18)27/h1-11H,(H,32,34). The highest BCUT2D eigenvalue weighted by atomic mass is 35.5. The molecule has 1 amide bonds. The molecule has 0 unspecified atom stereocenters. The molecule has 4 aromatic rings. The van der Waals surface area contributed by atoms with Crippen molar-refractivity contribution < 1.29 is 27.5 Å². The maximum atomic E-state index is 14.4. The third-order valence-electron chi connectivity index (χ3n) is 4.86. The number of amides is 1. The smallest absolute Gasteiger partial charge is 0.346 e. The lowest BCUT2D eigenvalue weighted by Crippen LogP contribution is -2.17. The van der Waals surface area contributed by atoms with Gasteiger partial charge in [0.05, 0.1) is 5.56 Å². The van der Waals surface area contributed by atoms with E-state index >= 15 is 0 Å². The maximum Gasteiger partial charge on any atom is 0.346 e. The molecule has 3 aromatic carbocycles. The van der Waals surface area contributed by atoms with Crippen molar-refractivity contribution in [1.29, 1.82) is 0 Å². The van der Waals surface area contributed by atoms with Gasteiger partial charge in [0.25, 0.3) is 5.91 Å². The van der Waals surface area contributed by atoms with Crippen molar-refractivity contribution in [3.8, 4) is 16.9 Å². The lowest BCUT2D eigenvalue weighted by atomic mass is 10.0. The minimum absolute atomic E-state index is 0.00176. The van der Waals surface area contributed by atoms with Crippen LogP contribution in [0, 0.1) is 17.5 Å². The molecule has 0 aliphatic heterocycles. The van der Waals surface area contributed by atoms with Gasteiger partial charge in [0.1, 0.15) is 28.1 Å². The van der Waals surface area contributed by atoms with Gasteiger partial charge in [0.15, 0.2) is 11.0 Å². The lowest BCUT2D eigenvalue weighted by molar-refractivity contribution is 0.0732. The molecule has 0 bridgehead atoms. The van der Waals surface area contributed by atoms with Gasteiger partial charge in [-0.3, -0.25) is 4.79 Å². The molecule has 0 aliphatic carbocycles. The summed E-state index contributed by atoms with van der Waals surface area (Å²) >= 11 is 17.4. The monoisotopic (exact) mass is 550 g/mol. The molecule has 0 radical (unpaired) electrons. The van der Waals surface area contributed by atoms with Crippen LogP contribution in [0.15, 0.2) is 66.7 Å². The fourth-order valence-corrected chi connectivity index (χ4v) is 3.78. The first-order chi connectivity index (χ1) is 17.1. The number of carbonyl (C=O) groups is 2. The van der Waals surface area contributed by atoms with E-state index in [1.807, 2.05) is 0 Å². The molecule has 1 aromatic heterocycles. The highest BCUT2D eigenvalue weighted by Crippen LogP contribution is 2.31. The van der Waals surface area contributed by atoms with Crippen molar-refractivity contribution in [3.63, 3.8) is 0 Å². The molecule has 0 aliphatic rings. The molecule has 5 nitrogen and oxygen atoms in total. The van der Waals surface area contributed by atoms with E-state index in [0.717, 1.165) is 12.1 Å². The normalized spacial score (nSPS) is 10.7. The predicted octanol–water partition coefficient (Wildman–Crippen LogP) is 7.60. The van der Waals surface area contributed by atoms with Gasteiger partial charge in [-0.2, -0.15) is 0 Å². The van der Waals surface area contributed by atoms with Crippen molar-refractivity contribution in [2.24, 2.45) is 0 Å². The average Bonchev–Trinajstić information content (AvgIpc) is 2.81. The summed E-state index contributed by atoms with van der Waals surface area (Å²) in [5.41, 5.74) is -0.106. The zero-order valence-electron chi connectivity index (χ0n) is 17.8. The Bertz CT molecular complexity index is 1520. The van der Waals surface area contributed by atoms with E-state index < -0.39 is 45.2 Å². The fraction of sp³-hybridized carbons (Fsp3) is 0. The molecule has 4 rings (SSSR count). The molecule has 11 heteroatoms. The number of halogens is 6. The topological polar surface area (TPSA) is 68.3 Å². The van der Waals surface area contributed by atoms with Gasteiger partial charge >= 0.3 is 5.97 Å². The van der Waals surface area contributed by atoms with E-state index in [0.29, 0.717) is 16.8 Å². The highest BCUT2D eigenvalue weighted by Gasteiger charge is 2.22. The van der Waals surface area contributed by atoms with E-state index in [2.05, 4.69) is 10.3 Å². The summed E-state index contributed by atoms with van der Waals surface area (Å²) in [7, 11) is 0. The third kappa shape index (κ3) is 5.62. The Labute approximate surface area is 217 Å². The number of rotatable bonds is 5. The number of carbonyl (C=O) groups excluding carboxylic acids is 2. The number of nitrogens with zero attached hydrogens (tertiary/aromatic N) is 1. The second-order valence-corrected chi connectivity index (χ2v) is 8.44. The third-order valence-corrected chi connectivity index (χ3v) is 5.65. The fourth-order valence-electron chi connectivity index (χ4n) is 3.20. The Morgan fingerprint density at radius 2 is 1.58 bits per heavy atom. The summed E-state index contributed by atoms with van der Waals surface area (Å²) in [5, 5.41) is 2.00. The molecule has 0 spiro atoms. The van der Waals surface area contributed by atoms with Gasteiger partial charge in [-0.05, 0) is 54.1 Å². The number of anilines is 1. The van der Waals surface area contributed by atoms with Crippen LogP contribution in [0.1, 0.15) is 20.7 Å². The first kappa shape index (κ1) is 25.5. The molecular formula is C25H12Cl3F3N2O3. The summed E-state index contributed by atoms with van der Waals surface area (Å²) in [4.78, 5) is 29.4. The van der Waals surface area contributed by atoms with Crippen LogP contribution in [0.5, 0.6) is 5.75 Å². The Hall–Kier alpha value is -3.59. The van der Waals surface area contributed by atoms with Gasteiger partial charge in [-0.25, -0.2) is 22.9 Å². The van der Waals surface area contributed by atoms with Crippen LogP contribution in [-0.4, -0.2) is 16.9 Å². The average molecular weight is 552 g/mol. The first-order valence-corrected chi connectivity index (χ1v) is 11.2. The Balaban J connectivity index is 1.75. The molecule has 1 heterocycles. The number of esters is 1. The molecular weight excluding hydrogens is 540 g/mol. The number of pyridine rings is 1. The Kier molecular flexibility index (Phi) is 7.49. The van der Waals surface area contributed by atoms with Crippen molar-refractivity contribution in [3.05, 3.63) is 111 Å². The SMILES string of the molecule is O=C(Nc1cccc(Cl)c1)c1cc(-c2ccc(F)cc2F)ccc1OC(=O)c1cc(F)c(Cl)nc1Cl. The zero-order valence-corrected chi connectivity index (χ0v) is 20.1.